The summed E-state index contributed by atoms with van der Waals surface area (Å²) in [6.07, 6.45) is -5.32. The largest absolute Gasteiger partial charge is 0.488 e. The monoisotopic (exact) mass is 845 g/mol. The summed E-state index contributed by atoms with van der Waals surface area (Å²) in [5.74, 6) is -3.12. The lowest BCUT2D eigenvalue weighted by Crippen LogP contribution is -2.60. The van der Waals surface area contributed by atoms with Gasteiger partial charge in [0.25, 0.3) is 5.91 Å². The lowest BCUT2D eigenvalue weighted by molar-refractivity contribution is -0.244. The van der Waals surface area contributed by atoms with Crippen LogP contribution in [-0.4, -0.2) is 96.4 Å². The van der Waals surface area contributed by atoms with Gasteiger partial charge in [-0.1, -0.05) is 44.5 Å². The molecule has 314 valence electrons. The number of nitrogens with zero attached hydrogens (tertiary/aromatic N) is 2. The summed E-state index contributed by atoms with van der Waals surface area (Å²) in [5, 5.41) is 5.67. The van der Waals surface area contributed by atoms with Crippen molar-refractivity contribution in [2.45, 2.75) is 115 Å². The van der Waals surface area contributed by atoms with Crippen LogP contribution in [0.15, 0.2) is 36.9 Å². The third-order valence-electron chi connectivity index (χ3n) is 10.1. The third kappa shape index (κ3) is 9.68. The van der Waals surface area contributed by atoms with Crippen LogP contribution in [0.3, 0.4) is 0 Å². The number of benzene rings is 1. The summed E-state index contributed by atoms with van der Waals surface area (Å²) in [6.45, 7) is 13.0. The summed E-state index contributed by atoms with van der Waals surface area (Å²) in [7, 11) is -4.58. The predicted molar refractivity (Wildman–Crippen MR) is 200 cm³/mol. The van der Waals surface area contributed by atoms with Crippen LogP contribution in [0.1, 0.15) is 74.1 Å². The number of hydrogen-bond donors (Lipinski definition) is 3. The number of hydrogen-bond acceptors (Lipinski definition) is 11. The quantitative estimate of drug-likeness (QED) is 0.214. The predicted octanol–water partition coefficient (Wildman–Crippen LogP) is 5.11. The highest BCUT2D eigenvalue weighted by Crippen LogP contribution is 2.46. The highest BCUT2D eigenvalue weighted by Gasteiger charge is 2.62. The van der Waals surface area contributed by atoms with E-state index in [0.29, 0.717) is 42.6 Å². The van der Waals surface area contributed by atoms with E-state index in [2.05, 4.69) is 22.2 Å². The van der Waals surface area contributed by atoms with Crippen LogP contribution < -0.4 is 24.8 Å². The van der Waals surface area contributed by atoms with Crippen LogP contribution in [0.5, 0.6) is 11.6 Å². The number of nitrogens with one attached hydrogen (secondary N) is 3. The first-order valence-electron chi connectivity index (χ1n) is 18.2. The minimum atomic E-state index is -4.94. The maximum Gasteiger partial charge on any atom is 0.427 e. The summed E-state index contributed by atoms with van der Waals surface area (Å²) in [5.41, 5.74) is -6.45. The number of carbonyl (C=O) groups excluding carboxylic acids is 4. The van der Waals surface area contributed by atoms with Gasteiger partial charge >= 0.3 is 22.6 Å². The zero-order chi connectivity index (χ0) is 42.5. The number of carbonyl (C=O) groups is 4. The lowest BCUT2D eigenvalue weighted by Gasteiger charge is -2.36. The van der Waals surface area contributed by atoms with Gasteiger partial charge in [-0.2, -0.15) is 21.6 Å². The molecule has 1 aromatic carbocycles. The van der Waals surface area contributed by atoms with E-state index in [4.69, 9.17) is 30.0 Å². The van der Waals surface area contributed by atoms with Crippen LogP contribution in [-0.2, 0) is 33.6 Å². The molecule has 1 saturated heterocycles. The Kier molecular flexibility index (Phi) is 11.8. The molecular formula is C37H47ClF3N5O10S. The first-order valence-corrected chi connectivity index (χ1v) is 20.0. The van der Waals surface area contributed by atoms with Crippen LogP contribution in [0.2, 0.25) is 5.02 Å². The average molecular weight is 846 g/mol. The molecule has 1 aromatic heterocycles. The molecule has 2 aliphatic carbocycles. The number of aromatic nitrogens is 1. The zero-order valence-corrected chi connectivity index (χ0v) is 34.1. The number of alkyl carbamates (subject to hydrolysis) is 1. The number of fused-ring (bicyclic) bond motifs is 1. The molecule has 0 bridgehead atoms. The van der Waals surface area contributed by atoms with E-state index in [9.17, 15) is 40.8 Å². The highest BCUT2D eigenvalue weighted by atomic mass is 35.5. The van der Waals surface area contributed by atoms with Crippen molar-refractivity contribution in [3.8, 4) is 11.6 Å². The minimum absolute atomic E-state index is 0.0293. The second kappa shape index (κ2) is 15.4. The maximum absolute atomic E-state index is 14.5. The van der Waals surface area contributed by atoms with Gasteiger partial charge in [-0.25, -0.2) is 18.7 Å². The molecule has 2 aromatic rings. The minimum Gasteiger partial charge on any atom is -0.488 e. The van der Waals surface area contributed by atoms with Crippen LogP contribution in [0, 0.1) is 11.3 Å². The van der Waals surface area contributed by atoms with Gasteiger partial charge < -0.3 is 29.7 Å². The highest BCUT2D eigenvalue weighted by molar-refractivity contribution is 7.85. The Morgan fingerprint density at radius 2 is 1.81 bits per heavy atom. The third-order valence-corrected chi connectivity index (χ3v) is 11.5. The van der Waals surface area contributed by atoms with E-state index >= 15 is 0 Å². The molecule has 5 atom stereocenters. The molecule has 3 N–H and O–H groups in total. The first kappa shape index (κ1) is 43.8. The molecule has 2 saturated carbocycles. The van der Waals surface area contributed by atoms with Crippen molar-refractivity contribution in [2.24, 2.45) is 11.3 Å². The second-order valence-electron chi connectivity index (χ2n) is 16.3. The topological polar surface area (TPSA) is 192 Å². The fourth-order valence-electron chi connectivity index (χ4n) is 6.37. The smallest absolute Gasteiger partial charge is 0.427 e. The van der Waals surface area contributed by atoms with Gasteiger partial charge in [0.15, 0.2) is 0 Å². The zero-order valence-electron chi connectivity index (χ0n) is 32.5. The number of rotatable bonds is 14. The lowest BCUT2D eigenvalue weighted by atomic mass is 9.85. The molecule has 5 rings (SSSR count). The van der Waals surface area contributed by atoms with Crippen LogP contribution in [0.4, 0.5) is 18.0 Å². The van der Waals surface area contributed by atoms with Gasteiger partial charge in [0.2, 0.25) is 23.3 Å². The molecule has 0 radical (unpaired) electrons. The Balaban J connectivity index is 1.47. The van der Waals surface area contributed by atoms with E-state index < -0.39 is 86.6 Å². The molecule has 2 unspecified atom stereocenters. The normalized spacial score (nSPS) is 23.6. The number of halogens is 4. The van der Waals surface area contributed by atoms with Crippen LogP contribution >= 0.6 is 11.6 Å². The summed E-state index contributed by atoms with van der Waals surface area (Å²) < 4.78 is 90.1. The van der Waals surface area contributed by atoms with Gasteiger partial charge in [0.1, 0.15) is 29.5 Å². The van der Waals surface area contributed by atoms with E-state index in [1.807, 2.05) is 4.72 Å². The number of para-hydroxylation sites is 1. The standard InChI is InChI=1S/C37H47ClF3N5O10S/c1-9-20-18-36(20,31(49)45-57(51,52)56-35(8)14-15-35)44-29(47)24-16-21(54-25-17-26(53-10-2)42-27-22(25)12-11-13-23(27)38)19-46(24)30(48)28(33(3,4)5)43-32(50)55-34(6,7)37(39,40)41/h9,11-13,17,20-21,24,28H,1,10,14-16,18-19H2,2-8H3,(H,43,50)(H,44,47)(H,45,49)/t20?,21-,24?,28-,36-/m1/s1. The van der Waals surface area contributed by atoms with E-state index in [1.165, 1.54) is 12.1 Å². The molecule has 2 heterocycles. The number of alkyl halides is 3. The molecule has 1 aliphatic heterocycles. The number of likely N-dealkylation sites (tertiary alicyclic amines) is 1. The average Bonchev–Trinajstić information content (AvgIpc) is 3.94. The van der Waals surface area contributed by atoms with Crippen molar-refractivity contribution >= 4 is 56.6 Å². The SMILES string of the molecule is C=CC1C[C@]1(NC(=O)C1C[C@@H](Oc2cc(OCC)nc3c(Cl)cccc23)CN1C(=O)[C@@H](NC(=O)OC(C)(C)C(F)(F)F)C(C)(C)C)C(=O)NS(=O)(=O)OC1(C)CC1. The van der Waals surface area contributed by atoms with Gasteiger partial charge in [-0.15, -0.1) is 6.58 Å². The maximum atomic E-state index is 14.5. The first-order chi connectivity index (χ1) is 26.2. The van der Waals surface area contributed by atoms with Crippen molar-refractivity contribution in [1.29, 1.82) is 0 Å². The molecule has 20 heteroatoms. The fourth-order valence-corrected chi connectivity index (χ4v) is 7.74. The van der Waals surface area contributed by atoms with Gasteiger partial charge in [-0.05, 0) is 64.5 Å². The van der Waals surface area contributed by atoms with E-state index in [0.717, 1.165) is 4.90 Å². The number of pyridine rings is 1. The van der Waals surface area contributed by atoms with Crippen molar-refractivity contribution in [1.82, 2.24) is 25.2 Å². The van der Waals surface area contributed by atoms with Crippen molar-refractivity contribution in [3.05, 3.63) is 41.9 Å². The molecular weight excluding hydrogens is 799 g/mol. The summed E-state index contributed by atoms with van der Waals surface area (Å²) >= 11 is 6.45. The Hall–Kier alpha value is -4.36. The fraction of sp³-hybridized carbons (Fsp3) is 0.595. The number of amides is 4. The molecule has 3 aliphatic rings. The number of ether oxygens (including phenoxy) is 3. The Morgan fingerprint density at radius 1 is 1.14 bits per heavy atom. The molecule has 3 fully saturated rings. The van der Waals surface area contributed by atoms with Crippen molar-refractivity contribution in [3.63, 3.8) is 0 Å². The van der Waals surface area contributed by atoms with Gasteiger partial charge in [0, 0.05) is 23.8 Å². The molecule has 57 heavy (non-hydrogen) atoms. The molecule has 4 amide bonds. The summed E-state index contributed by atoms with van der Waals surface area (Å²) in [6, 6.07) is 3.55. The molecule has 0 spiro atoms. The Labute approximate surface area is 333 Å². The second-order valence-corrected chi connectivity index (χ2v) is 18.0. The van der Waals surface area contributed by atoms with E-state index in [1.54, 1.807) is 52.8 Å². The Morgan fingerprint density at radius 3 is 2.37 bits per heavy atom. The Bertz CT molecular complexity index is 2060. The van der Waals surface area contributed by atoms with Crippen molar-refractivity contribution in [2.75, 3.05) is 13.2 Å². The molecule has 15 nitrogen and oxygen atoms in total. The van der Waals surface area contributed by atoms with E-state index in [-0.39, 0.29) is 37.6 Å². The van der Waals surface area contributed by atoms with Crippen LogP contribution in [0.25, 0.3) is 10.9 Å². The summed E-state index contributed by atoms with van der Waals surface area (Å²) in [4.78, 5) is 60.9. The van der Waals surface area contributed by atoms with Gasteiger partial charge in [0.05, 0.1) is 29.3 Å². The van der Waals surface area contributed by atoms with Gasteiger partial charge in [-0.3, -0.25) is 14.4 Å². The van der Waals surface area contributed by atoms with Crippen molar-refractivity contribution < 1.29 is 59.2 Å².